The maximum absolute atomic E-state index is 9.03. The van der Waals surface area contributed by atoms with E-state index in [1.807, 2.05) is 41.7 Å². The van der Waals surface area contributed by atoms with Gasteiger partial charge >= 0.3 is 0 Å². The zero-order chi connectivity index (χ0) is 16.2. The Hall–Kier alpha value is -2.16. The Morgan fingerprint density at radius 3 is 2.26 bits per heavy atom. The molecule has 1 heterocycles. The Balaban J connectivity index is 1.73. The highest BCUT2D eigenvalue weighted by atomic mass is 32.1. The number of benzene rings is 2. The van der Waals surface area contributed by atoms with Gasteiger partial charge in [-0.15, -0.1) is 11.3 Å². The number of rotatable bonds is 4. The van der Waals surface area contributed by atoms with Crippen LogP contribution in [0.1, 0.15) is 27.1 Å². The Morgan fingerprint density at radius 1 is 0.913 bits per heavy atom. The molecule has 0 radical (unpaired) electrons. The number of aryl methyl sites for hydroxylation is 2. The fourth-order valence-electron chi connectivity index (χ4n) is 2.54. The first-order chi connectivity index (χ1) is 11.2. The first kappa shape index (κ1) is 15.7. The van der Waals surface area contributed by atoms with Crippen LogP contribution in [0, 0.1) is 13.8 Å². The van der Waals surface area contributed by atoms with Crippen molar-refractivity contribution < 1.29 is 5.11 Å². The Kier molecular flexibility index (Phi) is 4.75. The fraction of sp³-hybridized carbons (Fsp3) is 0.143. The summed E-state index contributed by atoms with van der Waals surface area (Å²) in [4.78, 5) is 1.40. The number of hydrogen-bond donors (Lipinski definition) is 1. The number of thiophene rings is 1. The lowest BCUT2D eigenvalue weighted by Crippen LogP contribution is -1.81. The highest BCUT2D eigenvalue weighted by Crippen LogP contribution is 2.30. The molecule has 0 saturated carbocycles. The SMILES string of the molecule is Cc1sc2cc(C=CC=Cc3ccc(CO)cc3)ccc2c1C. The van der Waals surface area contributed by atoms with Gasteiger partial charge in [-0.2, -0.15) is 0 Å². The molecule has 3 aromatic rings. The summed E-state index contributed by atoms with van der Waals surface area (Å²) >= 11 is 1.86. The number of hydrogen-bond acceptors (Lipinski definition) is 2. The van der Waals surface area contributed by atoms with E-state index >= 15 is 0 Å². The molecule has 0 fully saturated rings. The Labute approximate surface area is 141 Å². The molecule has 1 nitrogen and oxygen atoms in total. The van der Waals surface area contributed by atoms with Crippen LogP contribution < -0.4 is 0 Å². The van der Waals surface area contributed by atoms with E-state index < -0.39 is 0 Å². The van der Waals surface area contributed by atoms with Crippen molar-refractivity contribution in [1.82, 2.24) is 0 Å². The van der Waals surface area contributed by atoms with Gasteiger partial charge in [0.15, 0.2) is 0 Å². The fourth-order valence-corrected chi connectivity index (χ4v) is 3.65. The first-order valence-electron chi connectivity index (χ1n) is 7.71. The average Bonchev–Trinajstić information content (AvgIpc) is 2.86. The molecule has 0 aliphatic carbocycles. The molecule has 0 saturated heterocycles. The monoisotopic (exact) mass is 320 g/mol. The van der Waals surface area contributed by atoms with Crippen LogP contribution in [-0.2, 0) is 6.61 Å². The smallest absolute Gasteiger partial charge is 0.0681 e. The predicted octanol–water partition coefficient (Wildman–Crippen LogP) is 5.74. The predicted molar refractivity (Wildman–Crippen MR) is 102 cm³/mol. The van der Waals surface area contributed by atoms with Crippen LogP contribution in [-0.4, -0.2) is 5.11 Å². The number of aliphatic hydroxyl groups is 1. The summed E-state index contributed by atoms with van der Waals surface area (Å²) in [5, 5.41) is 10.4. The summed E-state index contributed by atoms with van der Waals surface area (Å²) in [6.45, 7) is 4.46. The van der Waals surface area contributed by atoms with Gasteiger partial charge < -0.3 is 5.11 Å². The Morgan fingerprint density at radius 2 is 1.57 bits per heavy atom. The second kappa shape index (κ2) is 6.95. The molecule has 2 aromatic carbocycles. The topological polar surface area (TPSA) is 20.2 Å². The third-order valence-corrected chi connectivity index (χ3v) is 5.22. The van der Waals surface area contributed by atoms with Gasteiger partial charge in [-0.05, 0) is 47.6 Å². The van der Waals surface area contributed by atoms with Gasteiger partial charge in [-0.3, -0.25) is 0 Å². The minimum Gasteiger partial charge on any atom is -0.392 e. The van der Waals surface area contributed by atoms with E-state index in [9.17, 15) is 0 Å². The molecule has 0 spiro atoms. The van der Waals surface area contributed by atoms with Crippen LogP contribution in [0.2, 0.25) is 0 Å². The summed E-state index contributed by atoms with van der Waals surface area (Å²) in [6.07, 6.45) is 8.30. The van der Waals surface area contributed by atoms with E-state index in [0.717, 1.165) is 11.1 Å². The van der Waals surface area contributed by atoms with Crippen molar-refractivity contribution in [2.75, 3.05) is 0 Å². The van der Waals surface area contributed by atoms with Gasteiger partial charge in [0.2, 0.25) is 0 Å². The van der Waals surface area contributed by atoms with Gasteiger partial charge in [0.05, 0.1) is 6.61 Å². The molecule has 116 valence electrons. The minimum atomic E-state index is 0.0913. The van der Waals surface area contributed by atoms with Gasteiger partial charge in [-0.1, -0.05) is 60.7 Å². The van der Waals surface area contributed by atoms with E-state index in [2.05, 4.69) is 50.3 Å². The molecule has 23 heavy (non-hydrogen) atoms. The number of aliphatic hydroxyl groups excluding tert-OH is 1. The lowest BCUT2D eigenvalue weighted by molar-refractivity contribution is 0.282. The highest BCUT2D eigenvalue weighted by Gasteiger charge is 2.04. The lowest BCUT2D eigenvalue weighted by atomic mass is 10.1. The zero-order valence-electron chi connectivity index (χ0n) is 13.4. The zero-order valence-corrected chi connectivity index (χ0v) is 14.2. The van der Waals surface area contributed by atoms with Crippen molar-refractivity contribution in [1.29, 1.82) is 0 Å². The molecule has 0 atom stereocenters. The molecular formula is C21H20OS. The minimum absolute atomic E-state index is 0.0913. The largest absolute Gasteiger partial charge is 0.392 e. The number of allylic oxidation sites excluding steroid dienone is 2. The van der Waals surface area contributed by atoms with E-state index in [-0.39, 0.29) is 6.61 Å². The molecule has 3 rings (SSSR count). The maximum Gasteiger partial charge on any atom is 0.0681 e. The third-order valence-electron chi connectivity index (χ3n) is 4.05. The molecular weight excluding hydrogens is 300 g/mol. The molecule has 0 aliphatic heterocycles. The summed E-state index contributed by atoms with van der Waals surface area (Å²) < 4.78 is 1.35. The van der Waals surface area contributed by atoms with E-state index in [1.165, 1.54) is 26.1 Å². The summed E-state index contributed by atoms with van der Waals surface area (Å²) in [5.74, 6) is 0. The molecule has 1 aromatic heterocycles. The normalized spacial score (nSPS) is 12.0. The van der Waals surface area contributed by atoms with Crippen LogP contribution in [0.5, 0.6) is 0 Å². The van der Waals surface area contributed by atoms with E-state index in [0.29, 0.717) is 0 Å². The van der Waals surface area contributed by atoms with Crippen LogP contribution in [0.15, 0.2) is 54.6 Å². The van der Waals surface area contributed by atoms with Crippen molar-refractivity contribution in [2.24, 2.45) is 0 Å². The maximum atomic E-state index is 9.03. The van der Waals surface area contributed by atoms with Crippen molar-refractivity contribution in [3.05, 3.63) is 81.7 Å². The second-order valence-electron chi connectivity index (χ2n) is 5.66. The lowest BCUT2D eigenvalue weighted by Gasteiger charge is -1.96. The molecule has 0 amide bonds. The van der Waals surface area contributed by atoms with Gasteiger partial charge in [0, 0.05) is 9.58 Å². The van der Waals surface area contributed by atoms with Crippen LogP contribution in [0.4, 0.5) is 0 Å². The van der Waals surface area contributed by atoms with Gasteiger partial charge in [-0.25, -0.2) is 0 Å². The molecule has 0 bridgehead atoms. The van der Waals surface area contributed by atoms with Crippen LogP contribution in [0.3, 0.4) is 0 Å². The summed E-state index contributed by atoms with van der Waals surface area (Å²) in [5.41, 5.74) is 4.69. The second-order valence-corrected chi connectivity index (χ2v) is 6.91. The first-order valence-corrected chi connectivity index (χ1v) is 8.53. The number of fused-ring (bicyclic) bond motifs is 1. The molecule has 2 heteroatoms. The molecule has 1 N–H and O–H groups in total. The van der Waals surface area contributed by atoms with Gasteiger partial charge in [0.25, 0.3) is 0 Å². The quantitative estimate of drug-likeness (QED) is 0.608. The van der Waals surface area contributed by atoms with Crippen molar-refractivity contribution >= 4 is 33.6 Å². The summed E-state index contributed by atoms with van der Waals surface area (Å²) in [7, 11) is 0. The van der Waals surface area contributed by atoms with Crippen molar-refractivity contribution in [3.8, 4) is 0 Å². The molecule has 0 aliphatic rings. The highest BCUT2D eigenvalue weighted by molar-refractivity contribution is 7.19. The van der Waals surface area contributed by atoms with Crippen molar-refractivity contribution in [3.63, 3.8) is 0 Å². The standard InChI is InChI=1S/C21H20OS/c1-15-16(2)23-21-13-18(11-12-20(15)21)6-4-3-5-17-7-9-19(14-22)10-8-17/h3-13,22H,14H2,1-2H3. The Bertz CT molecular complexity index is 867. The average molecular weight is 320 g/mol. The van der Waals surface area contributed by atoms with Crippen LogP contribution >= 0.6 is 11.3 Å². The van der Waals surface area contributed by atoms with Gasteiger partial charge in [0.1, 0.15) is 0 Å². The van der Waals surface area contributed by atoms with E-state index in [1.54, 1.807) is 0 Å². The van der Waals surface area contributed by atoms with Crippen molar-refractivity contribution in [2.45, 2.75) is 20.5 Å². The third kappa shape index (κ3) is 3.61. The van der Waals surface area contributed by atoms with E-state index in [4.69, 9.17) is 5.11 Å². The summed E-state index contributed by atoms with van der Waals surface area (Å²) in [6, 6.07) is 14.5. The molecule has 0 unspecified atom stereocenters. The van der Waals surface area contributed by atoms with Crippen LogP contribution in [0.25, 0.3) is 22.2 Å².